The van der Waals surface area contributed by atoms with Crippen LogP contribution < -0.4 is 5.32 Å². The number of thiocarbonyl (C=S) groups is 1. The quantitative estimate of drug-likeness (QED) is 0.663. The molecule has 0 aromatic heterocycles. The van der Waals surface area contributed by atoms with Gasteiger partial charge >= 0.3 is 5.97 Å². The second-order valence-corrected chi connectivity index (χ2v) is 6.21. The largest absolute Gasteiger partial charge is 0.462 e. The molecule has 2 fully saturated rings. The van der Waals surface area contributed by atoms with Crippen molar-refractivity contribution >= 4 is 29.0 Å². The molecule has 0 atom stereocenters. The molecule has 130 valence electrons. The highest BCUT2D eigenvalue weighted by molar-refractivity contribution is 7.80. The Morgan fingerprint density at radius 2 is 1.88 bits per heavy atom. The number of benzene rings is 1. The molecule has 0 radical (unpaired) electrons. The van der Waals surface area contributed by atoms with Crippen molar-refractivity contribution in [1.29, 1.82) is 0 Å². The maximum atomic E-state index is 11.6. The van der Waals surface area contributed by atoms with Gasteiger partial charge in [-0.2, -0.15) is 0 Å². The molecule has 24 heavy (non-hydrogen) atoms. The Balaban J connectivity index is 1.52. The van der Waals surface area contributed by atoms with E-state index in [1.165, 1.54) is 0 Å². The van der Waals surface area contributed by atoms with Crippen molar-refractivity contribution in [2.45, 2.75) is 25.6 Å². The highest BCUT2D eigenvalue weighted by atomic mass is 32.1. The Labute approximate surface area is 147 Å². The summed E-state index contributed by atoms with van der Waals surface area (Å²) < 4.78 is 16.4. The van der Waals surface area contributed by atoms with E-state index < -0.39 is 5.79 Å². The molecule has 0 bridgehead atoms. The summed E-state index contributed by atoms with van der Waals surface area (Å²) in [7, 11) is 0. The van der Waals surface area contributed by atoms with Crippen LogP contribution in [0.3, 0.4) is 0 Å². The third-order valence-electron chi connectivity index (χ3n) is 4.27. The van der Waals surface area contributed by atoms with Gasteiger partial charge in [-0.05, 0) is 43.4 Å². The summed E-state index contributed by atoms with van der Waals surface area (Å²) in [6.45, 7) is 5.11. The van der Waals surface area contributed by atoms with E-state index >= 15 is 0 Å². The summed E-state index contributed by atoms with van der Waals surface area (Å²) in [6, 6.07) is 7.11. The summed E-state index contributed by atoms with van der Waals surface area (Å²) in [5, 5.41) is 3.89. The smallest absolute Gasteiger partial charge is 0.338 e. The van der Waals surface area contributed by atoms with Gasteiger partial charge in [0.05, 0.1) is 25.4 Å². The second-order valence-electron chi connectivity index (χ2n) is 5.82. The minimum absolute atomic E-state index is 0.315. The molecule has 2 saturated heterocycles. The van der Waals surface area contributed by atoms with Crippen molar-refractivity contribution in [1.82, 2.24) is 4.90 Å². The molecular weight excluding hydrogens is 328 g/mol. The monoisotopic (exact) mass is 350 g/mol. The van der Waals surface area contributed by atoms with Gasteiger partial charge in [0.2, 0.25) is 0 Å². The fraction of sp³-hybridized carbons (Fsp3) is 0.529. The Kier molecular flexibility index (Phi) is 5.33. The number of likely N-dealkylation sites (tertiary alicyclic amines) is 1. The average molecular weight is 350 g/mol. The van der Waals surface area contributed by atoms with Crippen LogP contribution in [0.5, 0.6) is 0 Å². The lowest BCUT2D eigenvalue weighted by Crippen LogP contribution is -2.48. The highest BCUT2D eigenvalue weighted by Gasteiger charge is 2.40. The van der Waals surface area contributed by atoms with Crippen molar-refractivity contribution < 1.29 is 19.0 Å². The van der Waals surface area contributed by atoms with Crippen LogP contribution in [0, 0.1) is 0 Å². The molecule has 6 nitrogen and oxygen atoms in total. The first kappa shape index (κ1) is 17.1. The lowest BCUT2D eigenvalue weighted by molar-refractivity contribution is -0.180. The number of esters is 1. The number of carbonyl (C=O) groups excluding carboxylic acids is 1. The number of carbonyl (C=O) groups is 1. The molecule has 2 aliphatic rings. The highest BCUT2D eigenvalue weighted by Crippen LogP contribution is 2.31. The molecule has 7 heteroatoms. The SMILES string of the molecule is CCOC(=O)c1ccc(NC(=S)N2CCC3(CC2)OCCO3)cc1. The van der Waals surface area contributed by atoms with Crippen LogP contribution in [0.15, 0.2) is 24.3 Å². The van der Waals surface area contributed by atoms with Crippen LogP contribution >= 0.6 is 12.2 Å². The molecule has 0 saturated carbocycles. The van der Waals surface area contributed by atoms with E-state index in [4.69, 9.17) is 26.4 Å². The maximum Gasteiger partial charge on any atom is 0.338 e. The third kappa shape index (κ3) is 3.85. The fourth-order valence-electron chi connectivity index (χ4n) is 2.94. The molecule has 2 aliphatic heterocycles. The van der Waals surface area contributed by atoms with E-state index in [0.29, 0.717) is 30.5 Å². The first-order chi connectivity index (χ1) is 11.6. The zero-order valence-corrected chi connectivity index (χ0v) is 14.6. The van der Waals surface area contributed by atoms with E-state index in [1.54, 1.807) is 19.1 Å². The number of ether oxygens (including phenoxy) is 3. The van der Waals surface area contributed by atoms with Crippen LogP contribution in [-0.4, -0.2) is 54.7 Å². The van der Waals surface area contributed by atoms with Crippen molar-refractivity contribution in [2.24, 2.45) is 0 Å². The number of hydrogen-bond donors (Lipinski definition) is 1. The number of rotatable bonds is 3. The maximum absolute atomic E-state index is 11.6. The van der Waals surface area contributed by atoms with Gasteiger partial charge in [-0.15, -0.1) is 0 Å². The minimum atomic E-state index is -0.395. The number of anilines is 1. The number of nitrogens with zero attached hydrogens (tertiary/aromatic N) is 1. The lowest BCUT2D eigenvalue weighted by atomic mass is 10.0. The Bertz CT molecular complexity index is 589. The van der Waals surface area contributed by atoms with E-state index in [0.717, 1.165) is 31.6 Å². The molecule has 2 heterocycles. The summed E-state index contributed by atoms with van der Waals surface area (Å²) in [5.74, 6) is -0.711. The molecule has 3 rings (SSSR count). The zero-order chi connectivity index (χ0) is 17.0. The lowest BCUT2D eigenvalue weighted by Gasteiger charge is -2.38. The van der Waals surface area contributed by atoms with Crippen molar-refractivity contribution in [2.75, 3.05) is 38.2 Å². The van der Waals surface area contributed by atoms with Crippen LogP contribution in [0.4, 0.5) is 5.69 Å². The molecule has 1 spiro atoms. The first-order valence-electron chi connectivity index (χ1n) is 8.23. The fourth-order valence-corrected chi connectivity index (χ4v) is 3.24. The molecule has 1 aromatic carbocycles. The van der Waals surface area contributed by atoms with Crippen LogP contribution in [0.1, 0.15) is 30.1 Å². The minimum Gasteiger partial charge on any atom is -0.462 e. The van der Waals surface area contributed by atoms with Gasteiger partial charge in [0.1, 0.15) is 0 Å². The first-order valence-corrected chi connectivity index (χ1v) is 8.64. The molecule has 0 unspecified atom stereocenters. The van der Waals surface area contributed by atoms with E-state index in [1.807, 2.05) is 12.1 Å². The van der Waals surface area contributed by atoms with Gasteiger partial charge in [-0.25, -0.2) is 4.79 Å². The summed E-state index contributed by atoms with van der Waals surface area (Å²) in [4.78, 5) is 13.8. The Hall–Kier alpha value is -1.70. The van der Waals surface area contributed by atoms with Crippen molar-refractivity contribution in [3.8, 4) is 0 Å². The summed E-state index contributed by atoms with van der Waals surface area (Å²) >= 11 is 5.49. The standard InChI is InChI=1S/C17H22N2O4S/c1-2-21-15(20)13-3-5-14(6-4-13)18-16(24)19-9-7-17(8-10-19)22-11-12-23-17/h3-6H,2,7-12H2,1H3,(H,18,24). The van der Waals surface area contributed by atoms with E-state index in [9.17, 15) is 4.79 Å². The summed E-state index contributed by atoms with van der Waals surface area (Å²) in [6.07, 6.45) is 1.63. The van der Waals surface area contributed by atoms with Crippen molar-refractivity contribution in [3.63, 3.8) is 0 Å². The van der Waals surface area contributed by atoms with Gasteiger partial charge < -0.3 is 24.4 Å². The van der Waals surface area contributed by atoms with E-state index in [-0.39, 0.29) is 5.97 Å². The van der Waals surface area contributed by atoms with Gasteiger partial charge in [0, 0.05) is 31.6 Å². The predicted octanol–water partition coefficient (Wildman–Crippen LogP) is 2.40. The Morgan fingerprint density at radius 3 is 2.46 bits per heavy atom. The molecule has 1 N–H and O–H groups in total. The van der Waals surface area contributed by atoms with Gasteiger partial charge in [0.15, 0.2) is 10.9 Å². The van der Waals surface area contributed by atoms with Crippen LogP contribution in [-0.2, 0) is 14.2 Å². The topological polar surface area (TPSA) is 60.0 Å². The van der Waals surface area contributed by atoms with E-state index in [2.05, 4.69) is 10.2 Å². The predicted molar refractivity (Wildman–Crippen MR) is 94.1 cm³/mol. The zero-order valence-electron chi connectivity index (χ0n) is 13.7. The molecular formula is C17H22N2O4S. The number of piperidine rings is 1. The molecule has 0 aliphatic carbocycles. The van der Waals surface area contributed by atoms with Crippen LogP contribution in [0.25, 0.3) is 0 Å². The van der Waals surface area contributed by atoms with Crippen molar-refractivity contribution in [3.05, 3.63) is 29.8 Å². The Morgan fingerprint density at radius 1 is 1.25 bits per heavy atom. The van der Waals surface area contributed by atoms with Gasteiger partial charge in [-0.1, -0.05) is 0 Å². The van der Waals surface area contributed by atoms with Crippen LogP contribution in [0.2, 0.25) is 0 Å². The number of nitrogens with one attached hydrogen (secondary N) is 1. The normalized spacial score (nSPS) is 19.3. The summed E-state index contributed by atoms with van der Waals surface area (Å²) in [5.41, 5.74) is 1.38. The molecule has 0 amide bonds. The van der Waals surface area contributed by atoms with Gasteiger partial charge in [-0.3, -0.25) is 0 Å². The van der Waals surface area contributed by atoms with Gasteiger partial charge in [0.25, 0.3) is 0 Å². The second kappa shape index (κ2) is 7.46. The molecule has 1 aromatic rings. The average Bonchev–Trinajstić information content (AvgIpc) is 3.04. The number of hydrogen-bond acceptors (Lipinski definition) is 5. The third-order valence-corrected chi connectivity index (χ3v) is 4.63.